The minimum atomic E-state index is -0.222. The molecule has 0 aliphatic rings. The lowest BCUT2D eigenvalue weighted by atomic mass is 10.1. The second-order valence-corrected chi connectivity index (χ2v) is 7.78. The molecule has 32 heavy (non-hydrogen) atoms. The fraction of sp³-hybridized carbons (Fsp3) is 0.0769. The Morgan fingerprint density at radius 3 is 2.47 bits per heavy atom. The molecule has 4 rings (SSSR count). The van der Waals surface area contributed by atoms with Crippen LogP contribution in [-0.2, 0) is 4.79 Å². The van der Waals surface area contributed by atoms with Gasteiger partial charge < -0.3 is 14.8 Å². The predicted molar refractivity (Wildman–Crippen MR) is 130 cm³/mol. The van der Waals surface area contributed by atoms with Crippen LogP contribution < -0.4 is 14.8 Å². The molecule has 0 aliphatic carbocycles. The molecule has 4 aromatic rings. The number of ether oxygens (including phenoxy) is 2. The number of nitrogens with zero attached hydrogens (tertiary/aromatic N) is 1. The number of carbonyl (C=O) groups excluding carboxylic acids is 1. The minimum Gasteiger partial charge on any atom is -0.493 e. The first-order chi connectivity index (χ1) is 15.7. The third-order valence-electron chi connectivity index (χ3n) is 4.79. The van der Waals surface area contributed by atoms with Crippen molar-refractivity contribution in [2.75, 3.05) is 19.5 Å². The largest absolute Gasteiger partial charge is 0.493 e. The fourth-order valence-corrected chi connectivity index (χ4v) is 4.02. The topological polar surface area (TPSA) is 60.5 Å². The first-order valence-electron chi connectivity index (χ1n) is 9.99. The van der Waals surface area contributed by atoms with Crippen LogP contribution in [0.1, 0.15) is 5.56 Å². The highest BCUT2D eigenvalue weighted by atomic mass is 32.1. The van der Waals surface area contributed by atoms with Gasteiger partial charge in [-0.2, -0.15) is 0 Å². The van der Waals surface area contributed by atoms with Crippen molar-refractivity contribution < 1.29 is 14.3 Å². The van der Waals surface area contributed by atoms with E-state index in [1.54, 1.807) is 37.7 Å². The molecule has 6 heteroatoms. The number of thiazole rings is 1. The smallest absolute Gasteiger partial charge is 0.248 e. The summed E-state index contributed by atoms with van der Waals surface area (Å²) in [6.07, 6.45) is 3.22. The number of hydrogen-bond acceptors (Lipinski definition) is 5. The molecule has 0 fully saturated rings. The highest BCUT2D eigenvalue weighted by molar-refractivity contribution is 7.13. The van der Waals surface area contributed by atoms with Crippen LogP contribution in [0, 0.1) is 0 Å². The molecule has 0 spiro atoms. The Morgan fingerprint density at radius 2 is 1.69 bits per heavy atom. The van der Waals surface area contributed by atoms with Gasteiger partial charge in [-0.3, -0.25) is 4.79 Å². The average Bonchev–Trinajstić information content (AvgIpc) is 3.34. The van der Waals surface area contributed by atoms with Gasteiger partial charge in [-0.1, -0.05) is 48.5 Å². The number of nitrogens with one attached hydrogen (secondary N) is 1. The van der Waals surface area contributed by atoms with Gasteiger partial charge in [0.2, 0.25) is 5.91 Å². The molecule has 1 N–H and O–H groups in total. The highest BCUT2D eigenvalue weighted by Gasteiger charge is 2.08. The number of carbonyl (C=O) groups is 1. The lowest BCUT2D eigenvalue weighted by Gasteiger charge is -2.07. The Hall–Kier alpha value is -3.90. The van der Waals surface area contributed by atoms with E-state index >= 15 is 0 Å². The lowest BCUT2D eigenvalue weighted by Crippen LogP contribution is -2.07. The Kier molecular flexibility index (Phi) is 6.63. The average molecular weight is 443 g/mol. The molecule has 0 bridgehead atoms. The van der Waals surface area contributed by atoms with Gasteiger partial charge in [-0.05, 0) is 35.9 Å². The van der Waals surface area contributed by atoms with Crippen molar-refractivity contribution >= 4 is 29.0 Å². The Morgan fingerprint density at radius 1 is 0.906 bits per heavy atom. The maximum absolute atomic E-state index is 12.4. The summed E-state index contributed by atoms with van der Waals surface area (Å²) in [6, 6.07) is 23.2. The van der Waals surface area contributed by atoms with E-state index in [1.165, 1.54) is 6.08 Å². The molecule has 160 valence electrons. The molecule has 1 heterocycles. The first kappa shape index (κ1) is 21.3. The number of hydrogen-bond donors (Lipinski definition) is 1. The molecular weight excluding hydrogens is 420 g/mol. The number of amides is 1. The minimum absolute atomic E-state index is 0.222. The number of methoxy groups -OCH3 is 2. The zero-order valence-corrected chi connectivity index (χ0v) is 18.6. The van der Waals surface area contributed by atoms with Gasteiger partial charge >= 0.3 is 0 Å². The molecule has 0 saturated carbocycles. The summed E-state index contributed by atoms with van der Waals surface area (Å²) in [6.45, 7) is 0. The maximum atomic E-state index is 12.4. The van der Waals surface area contributed by atoms with Gasteiger partial charge in [0.25, 0.3) is 0 Å². The van der Waals surface area contributed by atoms with Gasteiger partial charge in [0, 0.05) is 28.3 Å². The van der Waals surface area contributed by atoms with Crippen LogP contribution >= 0.6 is 11.3 Å². The summed E-state index contributed by atoms with van der Waals surface area (Å²) in [5.41, 5.74) is 4.46. The Balaban J connectivity index is 1.46. The monoisotopic (exact) mass is 442 g/mol. The summed E-state index contributed by atoms with van der Waals surface area (Å²) < 4.78 is 10.5. The normalized spacial score (nSPS) is 10.8. The summed E-state index contributed by atoms with van der Waals surface area (Å²) in [4.78, 5) is 17.2. The van der Waals surface area contributed by atoms with Gasteiger partial charge in [-0.25, -0.2) is 4.98 Å². The molecule has 0 atom stereocenters. The standard InChI is InChI=1S/C26H22N2O3S/c1-30-23-13-11-18(15-24(23)31-2)12-14-25(29)27-21-10-6-9-20(16-21)22-17-32-26(28-22)19-7-4-3-5-8-19/h3-17H,1-2H3,(H,27,29)/b14-12+. The number of benzene rings is 3. The van der Waals surface area contributed by atoms with Crippen LogP contribution in [-0.4, -0.2) is 25.1 Å². The van der Waals surface area contributed by atoms with E-state index in [9.17, 15) is 4.79 Å². The van der Waals surface area contributed by atoms with Crippen LogP contribution in [0.4, 0.5) is 5.69 Å². The Bertz CT molecular complexity index is 1250. The molecule has 1 aromatic heterocycles. The van der Waals surface area contributed by atoms with E-state index in [1.807, 2.05) is 72.1 Å². The van der Waals surface area contributed by atoms with Crippen LogP contribution in [0.2, 0.25) is 0 Å². The Labute approximate surface area is 191 Å². The SMILES string of the molecule is COc1ccc(/C=C/C(=O)Nc2cccc(-c3csc(-c4ccccc4)n3)c2)cc1OC. The second-order valence-electron chi connectivity index (χ2n) is 6.92. The van der Waals surface area contributed by atoms with Crippen LogP contribution in [0.15, 0.2) is 84.3 Å². The third-order valence-corrected chi connectivity index (χ3v) is 5.68. The lowest BCUT2D eigenvalue weighted by molar-refractivity contribution is -0.111. The summed E-state index contributed by atoms with van der Waals surface area (Å²) >= 11 is 1.60. The quantitative estimate of drug-likeness (QED) is 0.349. The van der Waals surface area contributed by atoms with E-state index in [-0.39, 0.29) is 5.91 Å². The van der Waals surface area contributed by atoms with Crippen LogP contribution in [0.5, 0.6) is 11.5 Å². The van der Waals surface area contributed by atoms with Crippen molar-refractivity contribution in [1.82, 2.24) is 4.98 Å². The summed E-state index contributed by atoms with van der Waals surface area (Å²) in [7, 11) is 3.17. The maximum Gasteiger partial charge on any atom is 0.248 e. The third kappa shape index (κ3) is 5.04. The molecule has 0 radical (unpaired) electrons. The zero-order chi connectivity index (χ0) is 22.3. The molecule has 0 unspecified atom stereocenters. The zero-order valence-electron chi connectivity index (χ0n) is 17.7. The summed E-state index contributed by atoms with van der Waals surface area (Å²) in [5, 5.41) is 5.90. The van der Waals surface area contributed by atoms with E-state index in [4.69, 9.17) is 14.5 Å². The molecule has 3 aromatic carbocycles. The van der Waals surface area contributed by atoms with E-state index in [0.29, 0.717) is 17.2 Å². The van der Waals surface area contributed by atoms with Crippen molar-refractivity contribution in [1.29, 1.82) is 0 Å². The van der Waals surface area contributed by atoms with Crippen molar-refractivity contribution in [2.45, 2.75) is 0 Å². The molecule has 5 nitrogen and oxygen atoms in total. The van der Waals surface area contributed by atoms with Crippen molar-refractivity contribution in [3.63, 3.8) is 0 Å². The highest BCUT2D eigenvalue weighted by Crippen LogP contribution is 2.30. The predicted octanol–water partition coefficient (Wildman–Crippen LogP) is 6.15. The second kappa shape index (κ2) is 9.94. The number of anilines is 1. The van der Waals surface area contributed by atoms with Crippen LogP contribution in [0.25, 0.3) is 27.9 Å². The van der Waals surface area contributed by atoms with E-state index < -0.39 is 0 Å². The number of rotatable bonds is 7. The van der Waals surface area contributed by atoms with Crippen LogP contribution in [0.3, 0.4) is 0 Å². The van der Waals surface area contributed by atoms with Crippen molar-refractivity contribution in [2.24, 2.45) is 0 Å². The van der Waals surface area contributed by atoms with Gasteiger partial charge in [-0.15, -0.1) is 11.3 Å². The van der Waals surface area contributed by atoms with E-state index in [2.05, 4.69) is 5.32 Å². The van der Waals surface area contributed by atoms with Gasteiger partial charge in [0.05, 0.1) is 19.9 Å². The summed E-state index contributed by atoms with van der Waals surface area (Å²) in [5.74, 6) is 1.03. The molecule has 1 amide bonds. The number of aromatic nitrogens is 1. The molecule has 0 aliphatic heterocycles. The first-order valence-corrected chi connectivity index (χ1v) is 10.9. The fourth-order valence-electron chi connectivity index (χ4n) is 3.19. The van der Waals surface area contributed by atoms with Gasteiger partial charge in [0.15, 0.2) is 11.5 Å². The van der Waals surface area contributed by atoms with Gasteiger partial charge in [0.1, 0.15) is 5.01 Å². The van der Waals surface area contributed by atoms with Crippen molar-refractivity contribution in [3.8, 4) is 33.3 Å². The van der Waals surface area contributed by atoms with Crippen molar-refractivity contribution in [3.05, 3.63) is 89.8 Å². The molecular formula is C26H22N2O3S. The molecule has 0 saturated heterocycles. The van der Waals surface area contributed by atoms with E-state index in [0.717, 1.165) is 27.4 Å².